The SMILES string of the molecule is O=C(O)CC1(NC(=O)Nc2cc(F)ccc2Cl)CCC1. The van der Waals surface area contributed by atoms with Crippen LogP contribution in [-0.4, -0.2) is 22.6 Å². The predicted octanol–water partition coefficient (Wildman–Crippen LogP) is 3.00. The Morgan fingerprint density at radius 2 is 2.10 bits per heavy atom. The van der Waals surface area contributed by atoms with Gasteiger partial charge in [0.25, 0.3) is 0 Å². The van der Waals surface area contributed by atoms with E-state index in [0.29, 0.717) is 12.8 Å². The molecule has 108 valence electrons. The fourth-order valence-corrected chi connectivity index (χ4v) is 2.39. The van der Waals surface area contributed by atoms with E-state index >= 15 is 0 Å². The van der Waals surface area contributed by atoms with Crippen molar-refractivity contribution in [2.75, 3.05) is 5.32 Å². The lowest BCUT2D eigenvalue weighted by Gasteiger charge is -2.41. The Morgan fingerprint density at radius 1 is 1.40 bits per heavy atom. The van der Waals surface area contributed by atoms with Crippen molar-refractivity contribution in [3.05, 3.63) is 29.0 Å². The first kappa shape index (κ1) is 14.6. The number of anilines is 1. The Kier molecular flexibility index (Phi) is 4.13. The van der Waals surface area contributed by atoms with E-state index in [9.17, 15) is 14.0 Å². The van der Waals surface area contributed by atoms with Gasteiger partial charge < -0.3 is 15.7 Å². The molecule has 0 heterocycles. The molecule has 2 rings (SSSR count). The molecule has 0 unspecified atom stereocenters. The Bertz CT molecular complexity index is 546. The molecule has 1 aliphatic rings. The van der Waals surface area contributed by atoms with Crippen LogP contribution < -0.4 is 10.6 Å². The van der Waals surface area contributed by atoms with Gasteiger partial charge in [-0.25, -0.2) is 9.18 Å². The van der Waals surface area contributed by atoms with Crippen LogP contribution in [0.4, 0.5) is 14.9 Å². The van der Waals surface area contributed by atoms with Crippen LogP contribution in [-0.2, 0) is 4.79 Å². The van der Waals surface area contributed by atoms with Crippen LogP contribution in [0.25, 0.3) is 0 Å². The highest BCUT2D eigenvalue weighted by atomic mass is 35.5. The van der Waals surface area contributed by atoms with Crippen molar-refractivity contribution >= 4 is 29.3 Å². The number of carboxylic acid groups (broad SMARTS) is 1. The van der Waals surface area contributed by atoms with Gasteiger partial charge in [0.2, 0.25) is 0 Å². The van der Waals surface area contributed by atoms with Crippen molar-refractivity contribution in [1.29, 1.82) is 0 Å². The molecule has 0 aliphatic heterocycles. The Balaban J connectivity index is 2.01. The number of benzene rings is 1. The molecule has 3 N–H and O–H groups in total. The molecular formula is C13H14ClFN2O3. The maximum atomic E-state index is 13.1. The molecule has 1 aliphatic carbocycles. The van der Waals surface area contributed by atoms with Gasteiger partial charge in [-0.15, -0.1) is 0 Å². The molecule has 0 aromatic heterocycles. The second kappa shape index (κ2) is 5.66. The van der Waals surface area contributed by atoms with E-state index < -0.39 is 23.4 Å². The zero-order valence-corrected chi connectivity index (χ0v) is 11.3. The van der Waals surface area contributed by atoms with Gasteiger partial charge in [0.05, 0.1) is 22.7 Å². The number of amides is 2. The average Bonchev–Trinajstić information content (AvgIpc) is 2.30. The minimum Gasteiger partial charge on any atom is -0.481 e. The minimum atomic E-state index is -0.964. The molecule has 1 fully saturated rings. The Hall–Kier alpha value is -1.82. The number of nitrogens with one attached hydrogen (secondary N) is 2. The van der Waals surface area contributed by atoms with Gasteiger partial charge >= 0.3 is 12.0 Å². The van der Waals surface area contributed by atoms with Crippen molar-refractivity contribution in [3.63, 3.8) is 0 Å². The number of aliphatic carboxylic acids is 1. The van der Waals surface area contributed by atoms with Crippen molar-refractivity contribution in [3.8, 4) is 0 Å². The van der Waals surface area contributed by atoms with E-state index in [1.54, 1.807) is 0 Å². The molecule has 2 amide bonds. The van der Waals surface area contributed by atoms with E-state index in [4.69, 9.17) is 16.7 Å². The van der Waals surface area contributed by atoms with Crippen molar-refractivity contribution in [2.24, 2.45) is 0 Å². The first-order valence-electron chi connectivity index (χ1n) is 6.16. The van der Waals surface area contributed by atoms with Gasteiger partial charge in [-0.3, -0.25) is 4.79 Å². The minimum absolute atomic E-state index is 0.128. The number of hydrogen-bond acceptors (Lipinski definition) is 2. The van der Waals surface area contributed by atoms with E-state index in [1.807, 2.05) is 0 Å². The molecule has 1 saturated carbocycles. The highest BCUT2D eigenvalue weighted by Gasteiger charge is 2.40. The molecule has 20 heavy (non-hydrogen) atoms. The number of rotatable bonds is 4. The lowest BCUT2D eigenvalue weighted by molar-refractivity contribution is -0.139. The summed E-state index contributed by atoms with van der Waals surface area (Å²) in [5.74, 6) is -1.48. The molecule has 5 nitrogen and oxygen atoms in total. The van der Waals surface area contributed by atoms with Crippen LogP contribution in [0.2, 0.25) is 5.02 Å². The second-order valence-electron chi connectivity index (χ2n) is 4.91. The molecule has 0 saturated heterocycles. The smallest absolute Gasteiger partial charge is 0.319 e. The number of urea groups is 1. The summed E-state index contributed by atoms with van der Waals surface area (Å²) in [6, 6.07) is 3.04. The van der Waals surface area contributed by atoms with Crippen molar-refractivity contribution in [2.45, 2.75) is 31.2 Å². The second-order valence-corrected chi connectivity index (χ2v) is 5.31. The standard InChI is InChI=1S/C13H14ClFN2O3/c14-9-3-2-8(15)6-10(9)16-12(20)17-13(4-1-5-13)7-11(18)19/h2-3,6H,1,4-5,7H2,(H,18,19)(H2,16,17,20). The van der Waals surface area contributed by atoms with Gasteiger partial charge in [-0.05, 0) is 37.5 Å². The molecule has 0 bridgehead atoms. The fraction of sp³-hybridized carbons (Fsp3) is 0.385. The number of carbonyl (C=O) groups excluding carboxylic acids is 1. The molecular weight excluding hydrogens is 287 g/mol. The number of carboxylic acids is 1. The van der Waals surface area contributed by atoms with Gasteiger partial charge in [-0.2, -0.15) is 0 Å². The summed E-state index contributed by atoms with van der Waals surface area (Å²) in [5, 5.41) is 14.1. The van der Waals surface area contributed by atoms with Crippen molar-refractivity contribution < 1.29 is 19.1 Å². The van der Waals surface area contributed by atoms with Gasteiger partial charge in [-0.1, -0.05) is 11.6 Å². The third-order valence-electron chi connectivity index (χ3n) is 3.36. The highest BCUT2D eigenvalue weighted by Crippen LogP contribution is 2.35. The number of carbonyl (C=O) groups is 2. The molecule has 1 aromatic rings. The van der Waals surface area contributed by atoms with Gasteiger partial charge in [0.15, 0.2) is 0 Å². The van der Waals surface area contributed by atoms with Gasteiger partial charge in [0.1, 0.15) is 5.82 Å². The third kappa shape index (κ3) is 3.39. The number of hydrogen-bond donors (Lipinski definition) is 3. The lowest BCUT2D eigenvalue weighted by atomic mass is 9.74. The van der Waals surface area contributed by atoms with Crippen molar-refractivity contribution in [1.82, 2.24) is 5.32 Å². The monoisotopic (exact) mass is 300 g/mol. The Morgan fingerprint density at radius 3 is 2.65 bits per heavy atom. The highest BCUT2D eigenvalue weighted by molar-refractivity contribution is 6.33. The number of halogens is 2. The Labute approximate surface area is 120 Å². The molecule has 0 atom stereocenters. The zero-order chi connectivity index (χ0) is 14.8. The first-order valence-corrected chi connectivity index (χ1v) is 6.54. The lowest BCUT2D eigenvalue weighted by Crippen LogP contribution is -2.55. The summed E-state index contributed by atoms with van der Waals surface area (Å²) in [4.78, 5) is 22.7. The first-order chi connectivity index (χ1) is 9.40. The van der Waals surface area contributed by atoms with Crippen LogP contribution in [0.15, 0.2) is 18.2 Å². The largest absolute Gasteiger partial charge is 0.481 e. The van der Waals surface area contributed by atoms with Crippen LogP contribution in [0.5, 0.6) is 0 Å². The predicted molar refractivity (Wildman–Crippen MR) is 72.4 cm³/mol. The summed E-state index contributed by atoms with van der Waals surface area (Å²) < 4.78 is 13.1. The van der Waals surface area contributed by atoms with E-state index in [1.165, 1.54) is 12.1 Å². The topological polar surface area (TPSA) is 78.4 Å². The molecule has 7 heteroatoms. The van der Waals surface area contributed by atoms with Crippen LogP contribution in [0, 0.1) is 5.82 Å². The van der Waals surface area contributed by atoms with Crippen LogP contribution >= 0.6 is 11.6 Å². The normalized spacial score (nSPS) is 16.1. The molecule has 1 aromatic carbocycles. The quantitative estimate of drug-likeness (QED) is 0.800. The average molecular weight is 301 g/mol. The summed E-state index contributed by atoms with van der Waals surface area (Å²) in [6.07, 6.45) is 1.97. The van der Waals surface area contributed by atoms with E-state index in [2.05, 4.69) is 10.6 Å². The summed E-state index contributed by atoms with van der Waals surface area (Å²) >= 11 is 5.84. The summed E-state index contributed by atoms with van der Waals surface area (Å²) in [5.41, 5.74) is -0.565. The fourth-order valence-electron chi connectivity index (χ4n) is 2.23. The van der Waals surface area contributed by atoms with Crippen LogP contribution in [0.3, 0.4) is 0 Å². The third-order valence-corrected chi connectivity index (χ3v) is 3.69. The maximum Gasteiger partial charge on any atom is 0.319 e. The van der Waals surface area contributed by atoms with E-state index in [0.717, 1.165) is 12.5 Å². The van der Waals surface area contributed by atoms with E-state index in [-0.39, 0.29) is 17.1 Å². The maximum absolute atomic E-state index is 13.1. The molecule has 0 spiro atoms. The summed E-state index contributed by atoms with van der Waals surface area (Å²) in [6.45, 7) is 0. The van der Waals surface area contributed by atoms with Gasteiger partial charge in [0, 0.05) is 0 Å². The molecule has 0 radical (unpaired) electrons. The summed E-state index contributed by atoms with van der Waals surface area (Å²) in [7, 11) is 0. The van der Waals surface area contributed by atoms with Crippen LogP contribution in [0.1, 0.15) is 25.7 Å². The zero-order valence-electron chi connectivity index (χ0n) is 10.6.